The van der Waals surface area contributed by atoms with Crippen LogP contribution in [0.3, 0.4) is 0 Å². The van der Waals surface area contributed by atoms with Gasteiger partial charge in [0, 0.05) is 11.8 Å². The third kappa shape index (κ3) is 3.19. The summed E-state index contributed by atoms with van der Waals surface area (Å²) >= 11 is 0. The summed E-state index contributed by atoms with van der Waals surface area (Å²) in [6, 6.07) is 5.60. The van der Waals surface area contributed by atoms with Gasteiger partial charge in [0.15, 0.2) is 11.5 Å². The monoisotopic (exact) mass is 259 g/mol. The number of carbonyl (C=O) groups is 1. The van der Waals surface area contributed by atoms with Crippen LogP contribution >= 0.6 is 0 Å². The fraction of sp³-hybridized carbons (Fsp3) is 0.154. The number of phenolic OH excluding ortho intramolecular Hbond substituents is 2. The van der Waals surface area contributed by atoms with Crippen LogP contribution in [0.4, 0.5) is 0 Å². The number of aromatic hydroxyl groups is 2. The van der Waals surface area contributed by atoms with Crippen molar-refractivity contribution in [3.05, 3.63) is 47.5 Å². The van der Waals surface area contributed by atoms with Gasteiger partial charge in [0.2, 0.25) is 0 Å². The molecule has 1 heterocycles. The normalized spacial score (nSPS) is 10.2. The van der Waals surface area contributed by atoms with Crippen LogP contribution in [0.2, 0.25) is 0 Å². The van der Waals surface area contributed by atoms with E-state index in [1.165, 1.54) is 18.2 Å². The molecule has 0 aliphatic heterocycles. The van der Waals surface area contributed by atoms with E-state index in [1.54, 1.807) is 19.2 Å². The zero-order chi connectivity index (χ0) is 13.8. The van der Waals surface area contributed by atoms with Crippen LogP contribution in [0, 0.1) is 6.92 Å². The lowest BCUT2D eigenvalue weighted by Crippen LogP contribution is -2.23. The summed E-state index contributed by atoms with van der Waals surface area (Å²) in [6.07, 6.45) is 1.62. The third-order valence-electron chi connectivity index (χ3n) is 2.50. The molecule has 2 aromatic rings. The van der Waals surface area contributed by atoms with Crippen molar-refractivity contribution in [1.29, 1.82) is 0 Å². The maximum atomic E-state index is 11.8. The van der Waals surface area contributed by atoms with E-state index in [-0.39, 0.29) is 29.5 Å². The summed E-state index contributed by atoms with van der Waals surface area (Å²) in [5.41, 5.74) is 0.963. The largest absolute Gasteiger partial charge is 0.504 e. The van der Waals surface area contributed by atoms with Gasteiger partial charge in [-0.15, -0.1) is 0 Å². The van der Waals surface area contributed by atoms with Gasteiger partial charge in [0.25, 0.3) is 5.91 Å². The highest BCUT2D eigenvalue weighted by Crippen LogP contribution is 2.24. The van der Waals surface area contributed by atoms with Crippen LogP contribution in [-0.2, 0) is 6.54 Å². The number of carbonyl (C=O) groups excluding carboxylic acids is 1. The van der Waals surface area contributed by atoms with Crippen molar-refractivity contribution in [3.63, 3.8) is 0 Å². The van der Waals surface area contributed by atoms with Crippen molar-refractivity contribution in [3.8, 4) is 11.5 Å². The van der Waals surface area contributed by atoms with Crippen LogP contribution in [0.1, 0.15) is 21.9 Å². The van der Waals surface area contributed by atoms with Crippen molar-refractivity contribution >= 4 is 5.91 Å². The molecule has 0 spiro atoms. The summed E-state index contributed by atoms with van der Waals surface area (Å²) in [7, 11) is 0. The van der Waals surface area contributed by atoms with Crippen LogP contribution in [0.15, 0.2) is 30.5 Å². The molecule has 0 saturated heterocycles. The highest BCUT2D eigenvalue weighted by Gasteiger charge is 2.08. The Morgan fingerprint density at radius 2 is 2.05 bits per heavy atom. The molecule has 1 amide bonds. The Hall–Kier alpha value is -2.63. The van der Waals surface area contributed by atoms with Crippen molar-refractivity contribution in [2.45, 2.75) is 13.5 Å². The number of phenols is 2. The molecule has 0 radical (unpaired) electrons. The lowest BCUT2D eigenvalue weighted by atomic mass is 10.2. The summed E-state index contributed by atoms with van der Waals surface area (Å²) in [6.45, 7) is 2.03. The predicted molar refractivity (Wildman–Crippen MR) is 67.7 cm³/mol. The van der Waals surface area contributed by atoms with Crippen molar-refractivity contribution in [1.82, 2.24) is 15.3 Å². The number of nitrogens with zero attached hydrogens (tertiary/aromatic N) is 2. The predicted octanol–water partition coefficient (Wildman–Crippen LogP) is 1.13. The second-order valence-corrected chi connectivity index (χ2v) is 3.98. The number of nitrogens with one attached hydrogen (secondary N) is 1. The number of hydrogen-bond acceptors (Lipinski definition) is 5. The number of aromatic nitrogens is 2. The van der Waals surface area contributed by atoms with Crippen molar-refractivity contribution < 1.29 is 15.0 Å². The molecule has 0 unspecified atom stereocenters. The Labute approximate surface area is 109 Å². The first-order valence-corrected chi connectivity index (χ1v) is 5.65. The minimum Gasteiger partial charge on any atom is -0.504 e. The second kappa shape index (κ2) is 5.34. The average molecular weight is 259 g/mol. The molecule has 0 atom stereocenters. The van der Waals surface area contributed by atoms with Gasteiger partial charge in [-0.1, -0.05) is 0 Å². The molecule has 3 N–H and O–H groups in total. The van der Waals surface area contributed by atoms with Gasteiger partial charge in [-0.3, -0.25) is 4.79 Å². The summed E-state index contributed by atoms with van der Waals surface area (Å²) in [5.74, 6) is -0.311. The van der Waals surface area contributed by atoms with Gasteiger partial charge >= 0.3 is 0 Å². The molecule has 2 rings (SSSR count). The summed E-state index contributed by atoms with van der Waals surface area (Å²) in [5, 5.41) is 21.2. The molecule has 1 aromatic heterocycles. The highest BCUT2D eigenvalue weighted by atomic mass is 16.3. The van der Waals surface area contributed by atoms with E-state index in [9.17, 15) is 9.90 Å². The fourth-order valence-electron chi connectivity index (χ4n) is 1.54. The van der Waals surface area contributed by atoms with Gasteiger partial charge < -0.3 is 15.5 Å². The first-order chi connectivity index (χ1) is 9.06. The zero-order valence-corrected chi connectivity index (χ0v) is 10.3. The zero-order valence-electron chi connectivity index (χ0n) is 10.3. The Kier molecular flexibility index (Phi) is 3.61. The molecular formula is C13H13N3O3. The average Bonchev–Trinajstić information content (AvgIpc) is 2.39. The molecule has 1 aromatic carbocycles. The second-order valence-electron chi connectivity index (χ2n) is 3.98. The van der Waals surface area contributed by atoms with Gasteiger partial charge in [-0.05, 0) is 31.2 Å². The highest BCUT2D eigenvalue weighted by molar-refractivity contribution is 5.94. The Balaban J connectivity index is 2.03. The Morgan fingerprint density at radius 3 is 2.74 bits per heavy atom. The molecule has 0 fully saturated rings. The summed E-state index contributed by atoms with van der Waals surface area (Å²) in [4.78, 5) is 19.9. The first-order valence-electron chi connectivity index (χ1n) is 5.65. The Morgan fingerprint density at radius 1 is 1.26 bits per heavy atom. The molecule has 0 aliphatic rings. The molecular weight excluding hydrogens is 246 g/mol. The van der Waals surface area contributed by atoms with E-state index < -0.39 is 0 Å². The molecule has 98 valence electrons. The van der Waals surface area contributed by atoms with Crippen LogP contribution in [0.25, 0.3) is 0 Å². The fourth-order valence-corrected chi connectivity index (χ4v) is 1.54. The SMILES string of the molecule is Cc1nccc(CNC(=O)c2ccc(O)c(O)c2)n1. The van der Waals surface area contributed by atoms with Gasteiger partial charge in [-0.2, -0.15) is 0 Å². The number of amides is 1. The first kappa shape index (κ1) is 12.8. The van der Waals surface area contributed by atoms with Gasteiger partial charge in [-0.25, -0.2) is 9.97 Å². The molecule has 0 saturated carbocycles. The van der Waals surface area contributed by atoms with E-state index >= 15 is 0 Å². The standard InChI is InChI=1S/C13H13N3O3/c1-8-14-5-4-10(16-8)7-15-13(19)9-2-3-11(17)12(18)6-9/h2-6,17-18H,7H2,1H3,(H,15,19). The number of aryl methyl sites for hydroxylation is 1. The van der Waals surface area contributed by atoms with E-state index in [1.807, 2.05) is 0 Å². The number of rotatable bonds is 3. The van der Waals surface area contributed by atoms with Crippen LogP contribution < -0.4 is 5.32 Å². The van der Waals surface area contributed by atoms with Gasteiger partial charge in [0.1, 0.15) is 5.82 Å². The number of hydrogen-bond donors (Lipinski definition) is 3. The van der Waals surface area contributed by atoms with Gasteiger partial charge in [0.05, 0.1) is 12.2 Å². The topological polar surface area (TPSA) is 95.3 Å². The molecule has 19 heavy (non-hydrogen) atoms. The van der Waals surface area contributed by atoms with E-state index in [0.717, 1.165) is 0 Å². The van der Waals surface area contributed by atoms with E-state index in [2.05, 4.69) is 15.3 Å². The molecule has 0 bridgehead atoms. The summed E-state index contributed by atoms with van der Waals surface area (Å²) < 4.78 is 0. The lowest BCUT2D eigenvalue weighted by molar-refractivity contribution is 0.0950. The quantitative estimate of drug-likeness (QED) is 0.718. The Bertz CT molecular complexity index is 614. The maximum Gasteiger partial charge on any atom is 0.251 e. The van der Waals surface area contributed by atoms with Crippen molar-refractivity contribution in [2.24, 2.45) is 0 Å². The van der Waals surface area contributed by atoms with E-state index in [0.29, 0.717) is 11.5 Å². The smallest absolute Gasteiger partial charge is 0.251 e. The number of benzene rings is 1. The lowest BCUT2D eigenvalue weighted by Gasteiger charge is -2.06. The third-order valence-corrected chi connectivity index (χ3v) is 2.50. The maximum absolute atomic E-state index is 11.8. The van der Waals surface area contributed by atoms with E-state index in [4.69, 9.17) is 5.11 Å². The van der Waals surface area contributed by atoms with Crippen LogP contribution in [0.5, 0.6) is 11.5 Å². The molecule has 6 nitrogen and oxygen atoms in total. The minimum atomic E-state index is -0.355. The molecule has 0 aliphatic carbocycles. The molecule has 6 heteroatoms. The van der Waals surface area contributed by atoms with Crippen LogP contribution in [-0.4, -0.2) is 26.1 Å². The van der Waals surface area contributed by atoms with Crippen molar-refractivity contribution in [2.75, 3.05) is 0 Å². The minimum absolute atomic E-state index is 0.261.